The molecule has 19 heavy (non-hydrogen) atoms. The highest BCUT2D eigenvalue weighted by atomic mass is 35.5. The number of hydrogen-bond acceptors (Lipinski definition) is 4. The summed E-state index contributed by atoms with van der Waals surface area (Å²) < 4.78 is 5.21. The molecule has 1 aromatic carbocycles. The Morgan fingerprint density at radius 1 is 1.37 bits per heavy atom. The van der Waals surface area contributed by atoms with Gasteiger partial charge in [0.05, 0.1) is 6.04 Å². The molecule has 0 radical (unpaired) electrons. The van der Waals surface area contributed by atoms with E-state index in [9.17, 15) is 0 Å². The third-order valence-electron chi connectivity index (χ3n) is 3.26. The molecule has 4 nitrogen and oxygen atoms in total. The van der Waals surface area contributed by atoms with Crippen molar-refractivity contribution in [3.8, 4) is 0 Å². The van der Waals surface area contributed by atoms with Gasteiger partial charge in [-0.25, -0.2) is 0 Å². The van der Waals surface area contributed by atoms with Gasteiger partial charge in [-0.2, -0.15) is 4.98 Å². The minimum atomic E-state index is -0.137. The zero-order valence-electron chi connectivity index (χ0n) is 10.1. The van der Waals surface area contributed by atoms with Crippen molar-refractivity contribution in [3.05, 3.63) is 45.5 Å². The maximum absolute atomic E-state index is 6.11. The number of halogens is 2. The lowest BCUT2D eigenvalue weighted by Crippen LogP contribution is -2.12. The highest BCUT2D eigenvalue weighted by molar-refractivity contribution is 6.35. The third-order valence-corrected chi connectivity index (χ3v) is 3.85. The van der Waals surface area contributed by atoms with Crippen LogP contribution in [0.2, 0.25) is 10.0 Å². The summed E-state index contributed by atoms with van der Waals surface area (Å²) in [6, 6.07) is 5.22. The van der Waals surface area contributed by atoms with Gasteiger partial charge in [0.1, 0.15) is 0 Å². The predicted octanol–water partition coefficient (Wildman–Crippen LogP) is 3.38. The first-order valence-corrected chi connectivity index (χ1v) is 6.91. The molecule has 2 N–H and O–H groups in total. The van der Waals surface area contributed by atoms with Crippen LogP contribution in [0.4, 0.5) is 0 Å². The van der Waals surface area contributed by atoms with Crippen molar-refractivity contribution in [2.24, 2.45) is 11.7 Å². The van der Waals surface area contributed by atoms with Crippen LogP contribution in [-0.4, -0.2) is 10.1 Å². The summed E-state index contributed by atoms with van der Waals surface area (Å²) >= 11 is 12.0. The number of hydrogen-bond donors (Lipinski definition) is 1. The van der Waals surface area contributed by atoms with Gasteiger partial charge in [0.2, 0.25) is 5.89 Å². The molecular weight excluding hydrogens is 285 g/mol. The van der Waals surface area contributed by atoms with E-state index < -0.39 is 0 Å². The van der Waals surface area contributed by atoms with Crippen molar-refractivity contribution >= 4 is 23.2 Å². The molecule has 2 aromatic rings. The summed E-state index contributed by atoms with van der Waals surface area (Å²) in [5.41, 5.74) is 6.93. The Labute approximate surface area is 120 Å². The van der Waals surface area contributed by atoms with Gasteiger partial charge in [-0.05, 0) is 36.5 Å². The lowest BCUT2D eigenvalue weighted by atomic mass is 10.1. The third kappa shape index (κ3) is 2.91. The Hall–Kier alpha value is -1.10. The number of nitrogens with two attached hydrogens (primary N) is 1. The van der Waals surface area contributed by atoms with E-state index in [-0.39, 0.29) is 6.04 Å². The van der Waals surface area contributed by atoms with E-state index in [0.29, 0.717) is 34.1 Å². The fourth-order valence-electron chi connectivity index (χ4n) is 1.97. The molecular formula is C13H13Cl2N3O. The summed E-state index contributed by atoms with van der Waals surface area (Å²) in [5.74, 6) is 1.60. The Kier molecular flexibility index (Phi) is 3.48. The van der Waals surface area contributed by atoms with E-state index in [1.165, 1.54) is 0 Å². The van der Waals surface area contributed by atoms with Gasteiger partial charge in [0, 0.05) is 16.5 Å². The quantitative estimate of drug-likeness (QED) is 0.939. The Morgan fingerprint density at radius 2 is 2.16 bits per heavy atom. The standard InChI is InChI=1S/C13H13Cl2N3O/c14-9-4-3-8(10(15)6-9)5-11-17-13(19-18-11)12(16)7-1-2-7/h3-4,6-7,12H,1-2,5,16H2. The Bertz CT molecular complexity index is 595. The first-order valence-electron chi connectivity index (χ1n) is 6.15. The van der Waals surface area contributed by atoms with Crippen molar-refractivity contribution in [3.63, 3.8) is 0 Å². The highest BCUT2D eigenvalue weighted by Crippen LogP contribution is 2.38. The van der Waals surface area contributed by atoms with Crippen LogP contribution in [0.1, 0.15) is 36.2 Å². The molecule has 1 aromatic heterocycles. The maximum atomic E-state index is 6.11. The first-order chi connectivity index (χ1) is 9.13. The van der Waals surface area contributed by atoms with E-state index in [4.69, 9.17) is 33.5 Å². The molecule has 1 saturated carbocycles. The van der Waals surface area contributed by atoms with E-state index in [0.717, 1.165) is 18.4 Å². The molecule has 3 rings (SSSR count). The van der Waals surface area contributed by atoms with Crippen LogP contribution in [0, 0.1) is 5.92 Å². The SMILES string of the molecule is NC(c1nc(Cc2ccc(Cl)cc2Cl)no1)C1CC1. The van der Waals surface area contributed by atoms with E-state index in [2.05, 4.69) is 10.1 Å². The number of rotatable bonds is 4. The predicted molar refractivity (Wildman–Crippen MR) is 73.2 cm³/mol. The molecule has 0 aliphatic heterocycles. The van der Waals surface area contributed by atoms with Gasteiger partial charge in [0.15, 0.2) is 5.82 Å². The minimum absolute atomic E-state index is 0.137. The normalized spacial score (nSPS) is 16.6. The van der Waals surface area contributed by atoms with Crippen LogP contribution in [0.5, 0.6) is 0 Å². The minimum Gasteiger partial charge on any atom is -0.338 e. The summed E-state index contributed by atoms with van der Waals surface area (Å²) in [4.78, 5) is 4.34. The molecule has 1 heterocycles. The Morgan fingerprint density at radius 3 is 2.84 bits per heavy atom. The second-order valence-electron chi connectivity index (χ2n) is 4.82. The summed E-state index contributed by atoms with van der Waals surface area (Å²) in [6.07, 6.45) is 2.79. The second kappa shape index (κ2) is 5.12. The molecule has 0 saturated heterocycles. The van der Waals surface area contributed by atoms with Gasteiger partial charge in [-0.15, -0.1) is 0 Å². The fourth-order valence-corrected chi connectivity index (χ4v) is 2.44. The molecule has 1 unspecified atom stereocenters. The lowest BCUT2D eigenvalue weighted by molar-refractivity contribution is 0.340. The maximum Gasteiger partial charge on any atom is 0.243 e. The number of nitrogens with zero attached hydrogens (tertiary/aromatic N) is 2. The molecule has 1 aliphatic carbocycles. The van der Waals surface area contributed by atoms with Crippen molar-refractivity contribution in [2.75, 3.05) is 0 Å². The van der Waals surface area contributed by atoms with Crippen molar-refractivity contribution < 1.29 is 4.52 Å². The van der Waals surface area contributed by atoms with E-state index in [1.54, 1.807) is 12.1 Å². The molecule has 0 spiro atoms. The van der Waals surface area contributed by atoms with E-state index >= 15 is 0 Å². The molecule has 1 fully saturated rings. The fraction of sp³-hybridized carbons (Fsp3) is 0.385. The van der Waals surface area contributed by atoms with Crippen molar-refractivity contribution in [2.45, 2.75) is 25.3 Å². The van der Waals surface area contributed by atoms with Gasteiger partial charge < -0.3 is 10.3 Å². The first kappa shape index (κ1) is 12.9. The van der Waals surface area contributed by atoms with Crippen LogP contribution in [0.15, 0.2) is 22.7 Å². The smallest absolute Gasteiger partial charge is 0.243 e. The van der Waals surface area contributed by atoms with Gasteiger partial charge in [-0.1, -0.05) is 34.4 Å². The zero-order chi connectivity index (χ0) is 13.4. The van der Waals surface area contributed by atoms with Gasteiger partial charge in [-0.3, -0.25) is 0 Å². The van der Waals surface area contributed by atoms with Gasteiger partial charge in [0.25, 0.3) is 0 Å². The topological polar surface area (TPSA) is 64.9 Å². The van der Waals surface area contributed by atoms with Crippen molar-refractivity contribution in [1.29, 1.82) is 0 Å². The van der Waals surface area contributed by atoms with Crippen LogP contribution >= 0.6 is 23.2 Å². The monoisotopic (exact) mass is 297 g/mol. The number of benzene rings is 1. The molecule has 100 valence electrons. The van der Waals surface area contributed by atoms with Gasteiger partial charge >= 0.3 is 0 Å². The average Bonchev–Trinajstić information content (AvgIpc) is 3.12. The lowest BCUT2D eigenvalue weighted by Gasteiger charge is -2.02. The second-order valence-corrected chi connectivity index (χ2v) is 5.67. The Balaban J connectivity index is 1.76. The highest BCUT2D eigenvalue weighted by Gasteiger charge is 2.33. The van der Waals surface area contributed by atoms with Crippen molar-refractivity contribution in [1.82, 2.24) is 10.1 Å². The number of aromatic nitrogens is 2. The molecule has 0 bridgehead atoms. The zero-order valence-corrected chi connectivity index (χ0v) is 11.7. The summed E-state index contributed by atoms with van der Waals surface area (Å²) in [6.45, 7) is 0. The summed E-state index contributed by atoms with van der Waals surface area (Å²) in [7, 11) is 0. The van der Waals surface area contributed by atoms with E-state index in [1.807, 2.05) is 6.07 Å². The summed E-state index contributed by atoms with van der Waals surface area (Å²) in [5, 5.41) is 5.16. The molecule has 1 aliphatic rings. The molecule has 6 heteroatoms. The molecule has 0 amide bonds. The molecule has 1 atom stereocenters. The van der Waals surface area contributed by atoms with Crippen LogP contribution in [-0.2, 0) is 6.42 Å². The van der Waals surface area contributed by atoms with Crippen LogP contribution < -0.4 is 5.73 Å². The van der Waals surface area contributed by atoms with Crippen LogP contribution in [0.25, 0.3) is 0 Å². The average molecular weight is 298 g/mol. The van der Waals surface area contributed by atoms with Crippen LogP contribution in [0.3, 0.4) is 0 Å². The largest absolute Gasteiger partial charge is 0.338 e.